The first-order valence-electron chi connectivity index (χ1n) is 10.1. The molecular weight excluding hydrogens is 378 g/mol. The number of hydrogen-bond donors (Lipinski definition) is 1. The first-order chi connectivity index (χ1) is 14.5. The monoisotopic (exact) mass is 403 g/mol. The predicted octanol–water partition coefficient (Wildman–Crippen LogP) is 3.53. The Balaban J connectivity index is 1.70. The number of ketones is 1. The average Bonchev–Trinajstić information content (AvgIpc) is 3.32. The highest BCUT2D eigenvalue weighted by molar-refractivity contribution is 6.40. The number of nitrogens with zero attached hydrogens (tertiary/aromatic N) is 3. The lowest BCUT2D eigenvalue weighted by atomic mass is 9.85. The Hall–Kier alpha value is -3.41. The molecule has 1 aromatic heterocycles. The first-order valence-corrected chi connectivity index (χ1v) is 10.1. The van der Waals surface area contributed by atoms with E-state index >= 15 is 0 Å². The number of Topliss-reactive ketones (excluding diaryl/α,β-unsaturated/α-hetero) is 1. The van der Waals surface area contributed by atoms with Gasteiger partial charge in [0.25, 0.3) is 5.91 Å². The molecule has 1 N–H and O–H groups in total. The van der Waals surface area contributed by atoms with Gasteiger partial charge in [0.2, 0.25) is 5.78 Å². The van der Waals surface area contributed by atoms with Gasteiger partial charge in [0.05, 0.1) is 18.3 Å². The van der Waals surface area contributed by atoms with Gasteiger partial charge in [-0.2, -0.15) is 0 Å². The van der Waals surface area contributed by atoms with E-state index in [1.807, 2.05) is 36.7 Å². The number of likely N-dealkylation sites (tertiary alicyclic amines) is 1. The molecule has 2 unspecified atom stereocenters. The molecule has 6 heteroatoms. The third-order valence-electron chi connectivity index (χ3n) is 5.88. The summed E-state index contributed by atoms with van der Waals surface area (Å²) in [5.41, 5.74) is 3.88. The summed E-state index contributed by atoms with van der Waals surface area (Å²) in [4.78, 5) is 31.8. The van der Waals surface area contributed by atoms with Crippen molar-refractivity contribution >= 4 is 11.7 Å². The lowest BCUT2D eigenvalue weighted by molar-refractivity contribution is -0.140. The molecular formula is C24H25N3O3. The van der Waals surface area contributed by atoms with E-state index in [-0.39, 0.29) is 5.75 Å². The Kier molecular flexibility index (Phi) is 5.40. The zero-order chi connectivity index (χ0) is 21.3. The smallest absolute Gasteiger partial charge is 0.291 e. The molecule has 2 heterocycles. The molecule has 0 spiro atoms. The van der Waals surface area contributed by atoms with Crippen LogP contribution in [0.1, 0.15) is 40.6 Å². The van der Waals surface area contributed by atoms with Crippen LogP contribution in [0.3, 0.4) is 0 Å². The molecule has 0 saturated carbocycles. The highest BCUT2D eigenvalue weighted by Crippen LogP contribution is 2.43. The van der Waals surface area contributed by atoms with E-state index in [0.717, 1.165) is 16.7 Å². The molecule has 1 fully saturated rings. The zero-order valence-electron chi connectivity index (χ0n) is 17.2. The number of aromatic hydroxyl groups is 1. The van der Waals surface area contributed by atoms with Crippen LogP contribution in [0.4, 0.5) is 0 Å². The fraction of sp³-hybridized carbons (Fsp3) is 0.292. The summed E-state index contributed by atoms with van der Waals surface area (Å²) in [7, 11) is 0. The second-order valence-corrected chi connectivity index (χ2v) is 7.88. The van der Waals surface area contributed by atoms with Crippen LogP contribution in [0.2, 0.25) is 0 Å². The number of rotatable bonds is 6. The number of carbonyl (C=O) groups is 2. The van der Waals surface area contributed by atoms with Gasteiger partial charge in [-0.25, -0.2) is 4.98 Å². The molecule has 6 nitrogen and oxygen atoms in total. The van der Waals surface area contributed by atoms with E-state index in [0.29, 0.717) is 25.1 Å². The van der Waals surface area contributed by atoms with Gasteiger partial charge >= 0.3 is 0 Å². The summed E-state index contributed by atoms with van der Waals surface area (Å²) in [5, 5.41) is 9.96. The molecule has 2 aromatic carbocycles. The quantitative estimate of drug-likeness (QED) is 0.639. The largest absolute Gasteiger partial charge is 0.508 e. The molecule has 1 saturated heterocycles. The summed E-state index contributed by atoms with van der Waals surface area (Å²) in [6, 6.07) is 12.4. The summed E-state index contributed by atoms with van der Waals surface area (Å²) in [6.07, 6.45) is 6.06. The van der Waals surface area contributed by atoms with Crippen LogP contribution in [0.25, 0.3) is 0 Å². The van der Waals surface area contributed by atoms with E-state index < -0.39 is 23.7 Å². The maximum Gasteiger partial charge on any atom is 0.291 e. The van der Waals surface area contributed by atoms with Gasteiger partial charge in [0.1, 0.15) is 5.75 Å². The van der Waals surface area contributed by atoms with Gasteiger partial charge < -0.3 is 14.6 Å². The van der Waals surface area contributed by atoms with Crippen molar-refractivity contribution in [1.29, 1.82) is 0 Å². The van der Waals surface area contributed by atoms with Gasteiger partial charge in [-0.05, 0) is 54.7 Å². The molecule has 30 heavy (non-hydrogen) atoms. The third kappa shape index (κ3) is 3.73. The molecule has 4 rings (SSSR count). The fourth-order valence-corrected chi connectivity index (χ4v) is 4.18. The highest BCUT2D eigenvalue weighted by Gasteiger charge is 2.48. The second-order valence-electron chi connectivity index (χ2n) is 7.88. The number of phenolic OH excluding ortho intramolecular Hbond substituents is 1. The Morgan fingerprint density at radius 2 is 1.83 bits per heavy atom. The third-order valence-corrected chi connectivity index (χ3v) is 5.88. The van der Waals surface area contributed by atoms with Crippen molar-refractivity contribution in [3.05, 3.63) is 83.4 Å². The van der Waals surface area contributed by atoms with E-state index in [4.69, 9.17) is 0 Å². The van der Waals surface area contributed by atoms with Crippen molar-refractivity contribution < 1.29 is 14.7 Å². The lowest BCUT2D eigenvalue weighted by Gasteiger charge is -2.28. The van der Waals surface area contributed by atoms with Crippen LogP contribution in [-0.2, 0) is 16.1 Å². The topological polar surface area (TPSA) is 75.4 Å². The Morgan fingerprint density at radius 3 is 2.53 bits per heavy atom. The number of carbonyl (C=O) groups excluding carboxylic acids is 2. The van der Waals surface area contributed by atoms with Crippen LogP contribution in [0, 0.1) is 13.8 Å². The van der Waals surface area contributed by atoms with E-state index in [9.17, 15) is 14.7 Å². The van der Waals surface area contributed by atoms with E-state index in [2.05, 4.69) is 11.1 Å². The number of imidazole rings is 1. The van der Waals surface area contributed by atoms with Gasteiger partial charge in [0.15, 0.2) is 0 Å². The van der Waals surface area contributed by atoms with Crippen molar-refractivity contribution in [1.82, 2.24) is 14.5 Å². The fourth-order valence-electron chi connectivity index (χ4n) is 4.18. The van der Waals surface area contributed by atoms with Crippen molar-refractivity contribution in [2.24, 2.45) is 0 Å². The Morgan fingerprint density at radius 1 is 1.00 bits per heavy atom. The molecule has 1 aliphatic rings. The van der Waals surface area contributed by atoms with Crippen LogP contribution in [-0.4, -0.2) is 37.8 Å². The number of hydrogen-bond acceptors (Lipinski definition) is 4. The molecule has 154 valence electrons. The van der Waals surface area contributed by atoms with Crippen LogP contribution in [0.15, 0.2) is 61.2 Å². The average molecular weight is 403 g/mol. The van der Waals surface area contributed by atoms with Crippen LogP contribution < -0.4 is 0 Å². The van der Waals surface area contributed by atoms with Gasteiger partial charge in [-0.3, -0.25) is 9.59 Å². The molecule has 2 atom stereocenters. The number of aryl methyl sites for hydroxylation is 3. The maximum absolute atomic E-state index is 13.1. The first kappa shape index (κ1) is 19.9. The Labute approximate surface area is 175 Å². The van der Waals surface area contributed by atoms with Gasteiger partial charge in [0, 0.05) is 25.5 Å². The summed E-state index contributed by atoms with van der Waals surface area (Å²) >= 11 is 0. The van der Waals surface area contributed by atoms with Crippen LogP contribution in [0.5, 0.6) is 5.75 Å². The molecule has 0 radical (unpaired) electrons. The summed E-state index contributed by atoms with van der Waals surface area (Å²) < 4.78 is 1.96. The second kappa shape index (κ2) is 8.14. The lowest BCUT2D eigenvalue weighted by Crippen LogP contribution is -2.31. The molecule has 3 aromatic rings. The van der Waals surface area contributed by atoms with Gasteiger partial charge in [-0.15, -0.1) is 0 Å². The zero-order valence-corrected chi connectivity index (χ0v) is 17.2. The number of phenols is 1. The molecule has 1 aliphatic heterocycles. The van der Waals surface area contributed by atoms with E-state index in [1.165, 1.54) is 0 Å². The van der Waals surface area contributed by atoms with E-state index in [1.54, 1.807) is 41.7 Å². The van der Waals surface area contributed by atoms with Crippen molar-refractivity contribution in [3.8, 4) is 5.75 Å². The minimum atomic E-state index is -0.639. The van der Waals surface area contributed by atoms with Gasteiger partial charge in [-0.1, -0.05) is 30.3 Å². The Bertz CT molecular complexity index is 1080. The normalized spacial score (nSPS) is 18.9. The van der Waals surface area contributed by atoms with Crippen LogP contribution >= 0.6 is 0 Å². The summed E-state index contributed by atoms with van der Waals surface area (Å²) in [5.74, 6) is -1.44. The standard InChI is InChI=1S/C24H25N3O3/c1-16-7-8-19(13-17(16)2)22-21(18-5-3-6-20(28)14-18)23(29)24(30)27(22)11-4-10-26-12-9-25-15-26/h3,5-9,12-15,21-22,28H,4,10-11H2,1-2H3. The number of amides is 1. The minimum absolute atomic E-state index is 0.0881. The van der Waals surface area contributed by atoms with Crippen molar-refractivity contribution in [2.45, 2.75) is 38.8 Å². The molecule has 0 aliphatic carbocycles. The highest BCUT2D eigenvalue weighted by atomic mass is 16.3. The SMILES string of the molecule is Cc1ccc(C2C(c3cccc(O)c3)C(=O)C(=O)N2CCCn2ccnc2)cc1C. The summed E-state index contributed by atoms with van der Waals surface area (Å²) in [6.45, 7) is 5.26. The molecule has 0 bridgehead atoms. The minimum Gasteiger partial charge on any atom is -0.508 e. The number of benzene rings is 2. The number of aromatic nitrogens is 2. The maximum atomic E-state index is 13.1. The van der Waals surface area contributed by atoms with Crippen molar-refractivity contribution in [3.63, 3.8) is 0 Å². The predicted molar refractivity (Wildman–Crippen MR) is 113 cm³/mol. The molecule has 1 amide bonds. The van der Waals surface area contributed by atoms with Crippen molar-refractivity contribution in [2.75, 3.05) is 6.54 Å².